The highest BCUT2D eigenvalue weighted by Gasteiger charge is 2.34. The molecule has 1 saturated carbocycles. The first-order valence-corrected chi connectivity index (χ1v) is 8.97. The number of anilines is 1. The fraction of sp³-hybridized carbons (Fsp3) is 0.444. The third-order valence-corrected chi connectivity index (χ3v) is 4.69. The number of aromatic nitrogens is 3. The number of aliphatic carboxylic acids is 1. The van der Waals surface area contributed by atoms with Crippen LogP contribution in [0.15, 0.2) is 24.3 Å². The maximum absolute atomic E-state index is 12.2. The fourth-order valence-electron chi connectivity index (χ4n) is 3.24. The maximum atomic E-state index is 12.2. The molecule has 0 radical (unpaired) electrons. The topological polar surface area (TPSA) is 123 Å². The smallest absolute Gasteiger partial charge is 0.319 e. The van der Waals surface area contributed by atoms with Gasteiger partial charge in [0.25, 0.3) is 0 Å². The number of likely N-dealkylation sites (N-methyl/N-ethyl adjacent to an activating group) is 1. The molecule has 1 aromatic heterocycles. The molecule has 9 heteroatoms. The van der Waals surface area contributed by atoms with E-state index >= 15 is 0 Å². The van der Waals surface area contributed by atoms with E-state index in [1.807, 2.05) is 36.9 Å². The second-order valence-corrected chi connectivity index (χ2v) is 6.70. The second-order valence-electron chi connectivity index (χ2n) is 6.70. The highest BCUT2D eigenvalue weighted by atomic mass is 16.4. The summed E-state index contributed by atoms with van der Waals surface area (Å²) in [5, 5.41) is 21.6. The molecule has 2 aromatic rings. The normalized spacial score (nSPS) is 18.8. The number of nitrogens with zero attached hydrogens (tertiary/aromatic N) is 3. The third kappa shape index (κ3) is 4.82. The lowest BCUT2D eigenvalue weighted by molar-refractivity contribution is -0.139. The van der Waals surface area contributed by atoms with Crippen LogP contribution in [0.2, 0.25) is 0 Å². The van der Waals surface area contributed by atoms with Gasteiger partial charge in [-0.2, -0.15) is 5.10 Å². The SMILES string of the molecule is CCN(CC(=O)O)C1CC(NC(=O)Nc2cccc(-c3n[nH]c(C)n3)c2)C1. The second kappa shape index (κ2) is 8.17. The van der Waals surface area contributed by atoms with E-state index in [1.54, 1.807) is 6.07 Å². The number of hydrogen-bond acceptors (Lipinski definition) is 5. The number of aromatic amines is 1. The van der Waals surface area contributed by atoms with E-state index in [0.717, 1.165) is 24.2 Å². The predicted molar refractivity (Wildman–Crippen MR) is 100 cm³/mol. The van der Waals surface area contributed by atoms with E-state index in [2.05, 4.69) is 25.8 Å². The van der Waals surface area contributed by atoms with Gasteiger partial charge >= 0.3 is 12.0 Å². The van der Waals surface area contributed by atoms with Gasteiger partial charge in [0, 0.05) is 23.3 Å². The molecule has 3 rings (SSSR count). The summed E-state index contributed by atoms with van der Waals surface area (Å²) in [4.78, 5) is 29.3. The van der Waals surface area contributed by atoms with E-state index in [0.29, 0.717) is 18.1 Å². The summed E-state index contributed by atoms with van der Waals surface area (Å²) < 4.78 is 0. The van der Waals surface area contributed by atoms with Crippen LogP contribution in [0.4, 0.5) is 10.5 Å². The zero-order valence-electron chi connectivity index (χ0n) is 15.4. The average Bonchev–Trinajstić information content (AvgIpc) is 3.02. The van der Waals surface area contributed by atoms with Crippen LogP contribution in [0, 0.1) is 6.92 Å². The number of carbonyl (C=O) groups excluding carboxylic acids is 1. The predicted octanol–water partition coefficient (Wildman–Crippen LogP) is 1.84. The van der Waals surface area contributed by atoms with Crippen LogP contribution < -0.4 is 10.6 Å². The van der Waals surface area contributed by atoms with Gasteiger partial charge in [0.1, 0.15) is 5.82 Å². The van der Waals surface area contributed by atoms with Crippen molar-refractivity contribution in [3.8, 4) is 11.4 Å². The third-order valence-electron chi connectivity index (χ3n) is 4.69. The van der Waals surface area contributed by atoms with Crippen molar-refractivity contribution in [1.29, 1.82) is 0 Å². The Morgan fingerprint density at radius 3 is 2.78 bits per heavy atom. The first-order chi connectivity index (χ1) is 12.9. The van der Waals surface area contributed by atoms with Gasteiger partial charge in [-0.3, -0.25) is 14.8 Å². The number of benzene rings is 1. The van der Waals surface area contributed by atoms with Gasteiger partial charge in [-0.05, 0) is 38.4 Å². The lowest BCUT2D eigenvalue weighted by Gasteiger charge is -2.42. The van der Waals surface area contributed by atoms with Crippen LogP contribution in [0.1, 0.15) is 25.6 Å². The highest BCUT2D eigenvalue weighted by molar-refractivity contribution is 5.90. The van der Waals surface area contributed by atoms with Crippen LogP contribution in [-0.2, 0) is 4.79 Å². The van der Waals surface area contributed by atoms with E-state index in [4.69, 9.17) is 5.11 Å². The standard InChI is InChI=1S/C18H24N6O3/c1-3-24(10-16(25)26)15-8-14(9-15)21-18(27)20-13-6-4-5-12(7-13)17-19-11(2)22-23-17/h4-7,14-15H,3,8-10H2,1-2H3,(H,25,26)(H,19,22,23)(H2,20,21,27). The van der Waals surface area contributed by atoms with Crippen molar-refractivity contribution in [1.82, 2.24) is 25.4 Å². The molecule has 144 valence electrons. The number of amides is 2. The molecular formula is C18H24N6O3. The van der Waals surface area contributed by atoms with Crippen LogP contribution in [0.5, 0.6) is 0 Å². The first kappa shape index (κ1) is 18.8. The van der Waals surface area contributed by atoms with Crippen LogP contribution >= 0.6 is 0 Å². The Morgan fingerprint density at radius 1 is 1.37 bits per heavy atom. The molecule has 1 fully saturated rings. The zero-order valence-corrected chi connectivity index (χ0v) is 15.4. The van der Waals surface area contributed by atoms with E-state index < -0.39 is 5.97 Å². The molecule has 0 bridgehead atoms. The maximum Gasteiger partial charge on any atom is 0.319 e. The molecule has 9 nitrogen and oxygen atoms in total. The first-order valence-electron chi connectivity index (χ1n) is 8.97. The monoisotopic (exact) mass is 372 g/mol. The number of H-pyrrole nitrogens is 1. The van der Waals surface area contributed by atoms with E-state index in [9.17, 15) is 9.59 Å². The molecular weight excluding hydrogens is 348 g/mol. The van der Waals surface area contributed by atoms with Gasteiger partial charge in [0.15, 0.2) is 5.82 Å². The summed E-state index contributed by atoms with van der Waals surface area (Å²) >= 11 is 0. The van der Waals surface area contributed by atoms with E-state index in [-0.39, 0.29) is 24.7 Å². The Kier molecular flexibility index (Phi) is 5.70. The Labute approximate surface area is 157 Å². The fourth-order valence-corrected chi connectivity index (χ4v) is 3.24. The number of rotatable bonds is 7. The summed E-state index contributed by atoms with van der Waals surface area (Å²) in [6.07, 6.45) is 1.51. The van der Waals surface area contributed by atoms with Gasteiger partial charge in [-0.1, -0.05) is 19.1 Å². The number of carboxylic acids is 1. The van der Waals surface area contributed by atoms with Crippen LogP contribution in [-0.4, -0.2) is 62.4 Å². The summed E-state index contributed by atoms with van der Waals surface area (Å²) in [6, 6.07) is 7.31. The van der Waals surface area contributed by atoms with Gasteiger partial charge in [0.2, 0.25) is 0 Å². The summed E-state index contributed by atoms with van der Waals surface area (Å²) in [6.45, 7) is 4.49. The number of hydrogen-bond donors (Lipinski definition) is 4. The molecule has 27 heavy (non-hydrogen) atoms. The number of nitrogens with one attached hydrogen (secondary N) is 3. The summed E-state index contributed by atoms with van der Waals surface area (Å²) in [5.41, 5.74) is 1.47. The minimum absolute atomic E-state index is 0.0353. The van der Waals surface area contributed by atoms with Crippen molar-refractivity contribution in [3.05, 3.63) is 30.1 Å². The molecule has 0 saturated heterocycles. The van der Waals surface area contributed by atoms with Gasteiger partial charge in [-0.15, -0.1) is 0 Å². The lowest BCUT2D eigenvalue weighted by atomic mass is 9.85. The van der Waals surface area contributed by atoms with E-state index in [1.165, 1.54) is 0 Å². The average molecular weight is 372 g/mol. The Hall–Kier alpha value is -2.94. The molecule has 0 aliphatic heterocycles. The van der Waals surface area contributed by atoms with Gasteiger partial charge in [0.05, 0.1) is 6.54 Å². The molecule has 1 aromatic carbocycles. The highest BCUT2D eigenvalue weighted by Crippen LogP contribution is 2.26. The summed E-state index contributed by atoms with van der Waals surface area (Å²) in [7, 11) is 0. The quantitative estimate of drug-likeness (QED) is 0.588. The molecule has 4 N–H and O–H groups in total. The Bertz CT molecular complexity index is 815. The Morgan fingerprint density at radius 2 is 2.15 bits per heavy atom. The molecule has 1 aliphatic carbocycles. The number of urea groups is 1. The van der Waals surface area contributed by atoms with Crippen molar-refractivity contribution in [2.24, 2.45) is 0 Å². The molecule has 1 heterocycles. The van der Waals surface area contributed by atoms with Crippen molar-refractivity contribution >= 4 is 17.7 Å². The minimum atomic E-state index is -0.826. The largest absolute Gasteiger partial charge is 0.480 e. The van der Waals surface area contributed by atoms with Crippen molar-refractivity contribution < 1.29 is 14.7 Å². The molecule has 0 atom stereocenters. The van der Waals surface area contributed by atoms with Gasteiger partial charge in [-0.25, -0.2) is 9.78 Å². The number of carboxylic acid groups (broad SMARTS) is 1. The molecule has 2 amide bonds. The summed E-state index contributed by atoms with van der Waals surface area (Å²) in [5.74, 6) is 0.480. The minimum Gasteiger partial charge on any atom is -0.480 e. The van der Waals surface area contributed by atoms with Crippen LogP contribution in [0.3, 0.4) is 0 Å². The zero-order chi connectivity index (χ0) is 19.4. The molecule has 1 aliphatic rings. The number of carbonyl (C=O) groups is 2. The van der Waals surface area contributed by atoms with Crippen molar-refractivity contribution in [2.45, 2.75) is 38.8 Å². The van der Waals surface area contributed by atoms with Crippen molar-refractivity contribution in [3.63, 3.8) is 0 Å². The molecule has 0 spiro atoms. The molecule has 0 unspecified atom stereocenters. The number of aryl methyl sites for hydroxylation is 1. The van der Waals surface area contributed by atoms with Crippen molar-refractivity contribution in [2.75, 3.05) is 18.4 Å². The van der Waals surface area contributed by atoms with Crippen LogP contribution in [0.25, 0.3) is 11.4 Å². The lowest BCUT2D eigenvalue weighted by Crippen LogP contribution is -2.55. The van der Waals surface area contributed by atoms with Gasteiger partial charge < -0.3 is 15.7 Å². The Balaban J connectivity index is 1.50.